The second-order valence-corrected chi connectivity index (χ2v) is 5.62. The molecule has 1 heterocycles. The van der Waals surface area contributed by atoms with E-state index in [-0.39, 0.29) is 19.6 Å². The highest BCUT2D eigenvalue weighted by Crippen LogP contribution is 2.37. The molecule has 0 radical (unpaired) electrons. The van der Waals surface area contributed by atoms with Crippen LogP contribution in [0.25, 0.3) is 0 Å². The number of benzene rings is 1. The van der Waals surface area contributed by atoms with Crippen LogP contribution in [0.5, 0.6) is 5.75 Å². The molecule has 4 nitrogen and oxygen atoms in total. The van der Waals surface area contributed by atoms with Crippen molar-refractivity contribution in [3.8, 4) is 11.8 Å². The van der Waals surface area contributed by atoms with Gasteiger partial charge in [-0.1, -0.05) is 6.07 Å². The predicted molar refractivity (Wildman–Crippen MR) is 77.0 cm³/mol. The van der Waals surface area contributed by atoms with Crippen LogP contribution in [0.4, 0.5) is 13.2 Å². The number of carbonyl (C=O) groups excluding carboxylic acids is 1. The summed E-state index contributed by atoms with van der Waals surface area (Å²) >= 11 is 0. The number of amides is 1. The lowest BCUT2D eigenvalue weighted by molar-refractivity contribution is -0.162. The van der Waals surface area contributed by atoms with E-state index in [1.54, 1.807) is 18.2 Å². The summed E-state index contributed by atoms with van der Waals surface area (Å²) in [6, 6.07) is 5.35. The standard InChI is InChI=1S/C16H17F3N2O2/c1-10-6-12-13(8-23-14(12)7-11(10)2)15(22)21(5-3-4-20)9-16(17,18)19/h6-7,13H,3,5,8-9H2,1-2H3/t13-/m1/s1. The Balaban J connectivity index is 2.25. The van der Waals surface area contributed by atoms with Gasteiger partial charge in [0, 0.05) is 12.1 Å². The summed E-state index contributed by atoms with van der Waals surface area (Å²) in [4.78, 5) is 13.2. The first-order chi connectivity index (χ1) is 10.7. The van der Waals surface area contributed by atoms with Gasteiger partial charge in [0.1, 0.15) is 24.8 Å². The van der Waals surface area contributed by atoms with Crippen molar-refractivity contribution in [2.24, 2.45) is 0 Å². The molecular formula is C16H17F3N2O2. The van der Waals surface area contributed by atoms with Crippen molar-refractivity contribution in [2.75, 3.05) is 19.7 Å². The quantitative estimate of drug-likeness (QED) is 0.854. The van der Waals surface area contributed by atoms with Crippen LogP contribution in [0.3, 0.4) is 0 Å². The molecule has 0 unspecified atom stereocenters. The predicted octanol–water partition coefficient (Wildman–Crippen LogP) is 3.08. The zero-order valence-corrected chi connectivity index (χ0v) is 12.9. The van der Waals surface area contributed by atoms with Gasteiger partial charge < -0.3 is 9.64 Å². The van der Waals surface area contributed by atoms with Crippen LogP contribution in [-0.4, -0.2) is 36.7 Å². The Bertz CT molecular complexity index is 650. The lowest BCUT2D eigenvalue weighted by atomic mass is 9.96. The van der Waals surface area contributed by atoms with E-state index in [4.69, 9.17) is 10.00 Å². The number of carbonyl (C=O) groups is 1. The van der Waals surface area contributed by atoms with Crippen LogP contribution in [0.15, 0.2) is 12.1 Å². The number of alkyl halides is 3. The van der Waals surface area contributed by atoms with Crippen molar-refractivity contribution in [1.29, 1.82) is 5.26 Å². The number of nitriles is 1. The van der Waals surface area contributed by atoms with E-state index >= 15 is 0 Å². The zero-order valence-electron chi connectivity index (χ0n) is 12.9. The van der Waals surface area contributed by atoms with Crippen molar-refractivity contribution in [3.63, 3.8) is 0 Å². The van der Waals surface area contributed by atoms with E-state index in [0.29, 0.717) is 16.2 Å². The second-order valence-electron chi connectivity index (χ2n) is 5.62. The van der Waals surface area contributed by atoms with Gasteiger partial charge in [-0.15, -0.1) is 0 Å². The summed E-state index contributed by atoms with van der Waals surface area (Å²) in [7, 11) is 0. The summed E-state index contributed by atoms with van der Waals surface area (Å²) in [6.45, 7) is 2.20. The van der Waals surface area contributed by atoms with E-state index in [0.717, 1.165) is 11.1 Å². The van der Waals surface area contributed by atoms with Crippen molar-refractivity contribution >= 4 is 5.91 Å². The number of halogens is 3. The third-order valence-corrected chi connectivity index (χ3v) is 3.88. The molecule has 7 heteroatoms. The largest absolute Gasteiger partial charge is 0.492 e. The molecule has 1 atom stereocenters. The van der Waals surface area contributed by atoms with Gasteiger partial charge >= 0.3 is 6.18 Å². The third-order valence-electron chi connectivity index (χ3n) is 3.88. The summed E-state index contributed by atoms with van der Waals surface area (Å²) < 4.78 is 43.5. The van der Waals surface area contributed by atoms with E-state index in [1.165, 1.54) is 0 Å². The van der Waals surface area contributed by atoms with E-state index < -0.39 is 24.5 Å². The normalized spacial score (nSPS) is 16.4. The minimum atomic E-state index is -4.50. The van der Waals surface area contributed by atoms with Crippen LogP contribution in [0.2, 0.25) is 0 Å². The van der Waals surface area contributed by atoms with Crippen molar-refractivity contribution in [3.05, 3.63) is 28.8 Å². The fourth-order valence-corrected chi connectivity index (χ4v) is 2.57. The van der Waals surface area contributed by atoms with Crippen LogP contribution in [0.1, 0.15) is 29.0 Å². The number of rotatable bonds is 4. The maximum atomic E-state index is 12.7. The molecule has 1 aromatic carbocycles. The van der Waals surface area contributed by atoms with Gasteiger partial charge in [0.2, 0.25) is 5.91 Å². The molecule has 0 aromatic heterocycles. The van der Waals surface area contributed by atoms with Gasteiger partial charge in [0.05, 0.1) is 12.5 Å². The van der Waals surface area contributed by atoms with Crippen LogP contribution in [0, 0.1) is 25.2 Å². The number of hydrogen-bond donors (Lipinski definition) is 0. The maximum Gasteiger partial charge on any atom is 0.406 e. The molecule has 23 heavy (non-hydrogen) atoms. The molecule has 0 aliphatic carbocycles. The van der Waals surface area contributed by atoms with Crippen molar-refractivity contribution in [2.45, 2.75) is 32.4 Å². The summed E-state index contributed by atoms with van der Waals surface area (Å²) in [5.74, 6) is -0.872. The SMILES string of the molecule is Cc1cc2c(cc1C)[C@H](C(=O)N(CCC#N)CC(F)(F)F)CO2. The molecule has 0 saturated carbocycles. The van der Waals surface area contributed by atoms with Crippen LogP contribution < -0.4 is 4.74 Å². The smallest absolute Gasteiger partial charge is 0.406 e. The molecule has 2 rings (SSSR count). The molecule has 0 N–H and O–H groups in total. The highest BCUT2D eigenvalue weighted by Gasteiger charge is 2.38. The lowest BCUT2D eigenvalue weighted by Crippen LogP contribution is -2.42. The minimum absolute atomic E-state index is 0.0258. The van der Waals surface area contributed by atoms with Gasteiger partial charge in [0.15, 0.2) is 0 Å². The van der Waals surface area contributed by atoms with Gasteiger partial charge in [-0.25, -0.2) is 0 Å². The first-order valence-electron chi connectivity index (χ1n) is 7.19. The van der Waals surface area contributed by atoms with Crippen molar-refractivity contribution in [1.82, 2.24) is 4.90 Å². The number of fused-ring (bicyclic) bond motifs is 1. The number of hydrogen-bond acceptors (Lipinski definition) is 3. The van der Waals surface area contributed by atoms with Gasteiger partial charge in [-0.05, 0) is 31.0 Å². The van der Waals surface area contributed by atoms with Gasteiger partial charge in [0.25, 0.3) is 0 Å². The van der Waals surface area contributed by atoms with Crippen molar-refractivity contribution < 1.29 is 22.7 Å². The Morgan fingerprint density at radius 2 is 2.04 bits per heavy atom. The van der Waals surface area contributed by atoms with Gasteiger partial charge in [-0.3, -0.25) is 4.79 Å². The molecule has 1 aliphatic heterocycles. The van der Waals surface area contributed by atoms with E-state index in [9.17, 15) is 18.0 Å². The average molecular weight is 326 g/mol. The van der Waals surface area contributed by atoms with E-state index in [1.807, 2.05) is 13.8 Å². The molecule has 1 aliphatic rings. The minimum Gasteiger partial charge on any atom is -0.492 e. The van der Waals surface area contributed by atoms with Gasteiger partial charge in [-0.2, -0.15) is 18.4 Å². The molecule has 124 valence electrons. The summed E-state index contributed by atoms with van der Waals surface area (Å²) in [6.07, 6.45) is -4.65. The molecule has 0 bridgehead atoms. The molecule has 0 spiro atoms. The molecule has 0 fully saturated rings. The molecule has 1 aromatic rings. The second kappa shape index (κ2) is 6.49. The number of ether oxygens (including phenoxy) is 1. The monoisotopic (exact) mass is 326 g/mol. The number of aryl methyl sites for hydroxylation is 2. The first-order valence-corrected chi connectivity index (χ1v) is 7.19. The Morgan fingerprint density at radius 3 is 2.65 bits per heavy atom. The molecule has 1 amide bonds. The van der Waals surface area contributed by atoms with Crippen LogP contribution >= 0.6 is 0 Å². The average Bonchev–Trinajstić information content (AvgIpc) is 2.84. The zero-order chi connectivity index (χ0) is 17.2. The fraction of sp³-hybridized carbons (Fsp3) is 0.500. The highest BCUT2D eigenvalue weighted by atomic mass is 19.4. The number of nitrogens with zero attached hydrogens (tertiary/aromatic N) is 2. The maximum absolute atomic E-state index is 12.7. The first kappa shape index (κ1) is 17.1. The molecule has 0 saturated heterocycles. The van der Waals surface area contributed by atoms with E-state index in [2.05, 4.69) is 0 Å². The highest BCUT2D eigenvalue weighted by molar-refractivity contribution is 5.86. The Hall–Kier alpha value is -2.23. The fourth-order valence-electron chi connectivity index (χ4n) is 2.57. The Labute approximate surface area is 132 Å². The topological polar surface area (TPSA) is 53.3 Å². The Kier molecular flexibility index (Phi) is 4.83. The Morgan fingerprint density at radius 1 is 1.39 bits per heavy atom. The lowest BCUT2D eigenvalue weighted by Gasteiger charge is -2.25. The summed E-state index contributed by atoms with van der Waals surface area (Å²) in [5, 5.41) is 8.59. The van der Waals surface area contributed by atoms with Crippen LogP contribution in [-0.2, 0) is 4.79 Å². The third kappa shape index (κ3) is 3.95. The summed E-state index contributed by atoms with van der Waals surface area (Å²) in [5.41, 5.74) is 2.56. The molecular weight excluding hydrogens is 309 g/mol.